The second-order valence-corrected chi connectivity index (χ2v) is 8.53. The predicted octanol–water partition coefficient (Wildman–Crippen LogP) is 4.71. The fourth-order valence-electron chi connectivity index (χ4n) is 3.87. The van der Waals surface area contributed by atoms with Crippen LogP contribution in [-0.4, -0.2) is 41.9 Å². The van der Waals surface area contributed by atoms with Crippen LogP contribution >= 0.6 is 11.8 Å². The van der Waals surface area contributed by atoms with Gasteiger partial charge in [-0.1, -0.05) is 53.7 Å². The number of aromatic nitrogens is 1. The molecule has 3 aromatic rings. The van der Waals surface area contributed by atoms with Crippen molar-refractivity contribution in [3.63, 3.8) is 0 Å². The lowest BCUT2D eigenvalue weighted by Gasteiger charge is -2.32. The Morgan fingerprint density at radius 3 is 2.63 bits per heavy atom. The van der Waals surface area contributed by atoms with E-state index in [1.807, 2.05) is 30.3 Å². The van der Waals surface area contributed by atoms with E-state index in [1.54, 1.807) is 17.8 Å². The Hall–Kier alpha value is -2.57. The van der Waals surface area contributed by atoms with Crippen molar-refractivity contribution in [3.05, 3.63) is 71.9 Å². The van der Waals surface area contributed by atoms with Gasteiger partial charge in [-0.25, -0.2) is 0 Å². The lowest BCUT2D eigenvalue weighted by Crippen LogP contribution is -2.38. The van der Waals surface area contributed by atoms with Crippen LogP contribution in [-0.2, 0) is 6.54 Å². The minimum atomic E-state index is -0.169. The molecule has 1 fully saturated rings. The van der Waals surface area contributed by atoms with Gasteiger partial charge in [0, 0.05) is 29.6 Å². The average molecular weight is 422 g/mol. The summed E-state index contributed by atoms with van der Waals surface area (Å²) >= 11 is 1.81. The Kier molecular flexibility index (Phi) is 6.87. The molecule has 1 aliphatic rings. The van der Waals surface area contributed by atoms with Crippen molar-refractivity contribution in [1.29, 1.82) is 0 Å². The molecular formula is C24H27N3O2S. The summed E-state index contributed by atoms with van der Waals surface area (Å²) in [4.78, 5) is 16.3. The van der Waals surface area contributed by atoms with E-state index in [0.717, 1.165) is 38.0 Å². The molecule has 2 aromatic carbocycles. The molecular weight excluding hydrogens is 394 g/mol. The van der Waals surface area contributed by atoms with E-state index >= 15 is 0 Å². The van der Waals surface area contributed by atoms with Gasteiger partial charge in [0.2, 0.25) is 0 Å². The Balaban J connectivity index is 1.24. The van der Waals surface area contributed by atoms with Crippen LogP contribution in [0.3, 0.4) is 0 Å². The van der Waals surface area contributed by atoms with Crippen LogP contribution in [0.2, 0.25) is 0 Å². The van der Waals surface area contributed by atoms with Gasteiger partial charge >= 0.3 is 0 Å². The van der Waals surface area contributed by atoms with E-state index in [0.29, 0.717) is 23.9 Å². The Labute approximate surface area is 181 Å². The number of amides is 1. The van der Waals surface area contributed by atoms with E-state index < -0.39 is 0 Å². The number of nitrogens with zero attached hydrogens (tertiary/aromatic N) is 2. The highest BCUT2D eigenvalue weighted by atomic mass is 32.2. The molecule has 0 aliphatic carbocycles. The van der Waals surface area contributed by atoms with E-state index in [9.17, 15) is 4.79 Å². The summed E-state index contributed by atoms with van der Waals surface area (Å²) < 4.78 is 5.33. The topological polar surface area (TPSA) is 58.4 Å². The molecule has 1 saturated heterocycles. The van der Waals surface area contributed by atoms with Crippen LogP contribution in [0.15, 0.2) is 70.1 Å². The van der Waals surface area contributed by atoms with Crippen molar-refractivity contribution >= 4 is 17.7 Å². The summed E-state index contributed by atoms with van der Waals surface area (Å²) in [5.74, 6) is 0.943. The lowest BCUT2D eigenvalue weighted by atomic mass is 9.96. The number of carbonyl (C=O) groups excluding carboxylic acids is 1. The molecule has 1 amide bonds. The van der Waals surface area contributed by atoms with Crippen LogP contribution in [0.25, 0.3) is 11.3 Å². The van der Waals surface area contributed by atoms with Gasteiger partial charge in [-0.2, -0.15) is 0 Å². The minimum Gasteiger partial charge on any atom is -0.355 e. The molecule has 30 heavy (non-hydrogen) atoms. The third-order valence-electron chi connectivity index (χ3n) is 5.65. The quantitative estimate of drug-likeness (QED) is 0.560. The van der Waals surface area contributed by atoms with Gasteiger partial charge in [0.1, 0.15) is 0 Å². The van der Waals surface area contributed by atoms with Crippen molar-refractivity contribution in [1.82, 2.24) is 15.4 Å². The van der Waals surface area contributed by atoms with Gasteiger partial charge in [-0.15, -0.1) is 11.8 Å². The Morgan fingerprint density at radius 1 is 1.13 bits per heavy atom. The maximum Gasteiger partial charge on any atom is 0.273 e. The van der Waals surface area contributed by atoms with E-state index in [-0.39, 0.29) is 5.91 Å². The van der Waals surface area contributed by atoms with Gasteiger partial charge in [0.15, 0.2) is 11.5 Å². The summed E-state index contributed by atoms with van der Waals surface area (Å²) in [5.41, 5.74) is 2.65. The maximum absolute atomic E-state index is 12.5. The Morgan fingerprint density at radius 2 is 1.87 bits per heavy atom. The van der Waals surface area contributed by atoms with Crippen molar-refractivity contribution in [2.24, 2.45) is 5.92 Å². The smallest absolute Gasteiger partial charge is 0.273 e. The fourth-order valence-corrected chi connectivity index (χ4v) is 4.48. The monoisotopic (exact) mass is 421 g/mol. The number of hydrogen-bond donors (Lipinski definition) is 1. The molecule has 1 N–H and O–H groups in total. The van der Waals surface area contributed by atoms with Crippen LogP contribution in [0, 0.1) is 5.92 Å². The first-order chi connectivity index (χ1) is 14.7. The van der Waals surface area contributed by atoms with E-state index in [4.69, 9.17) is 4.52 Å². The van der Waals surface area contributed by atoms with Crippen LogP contribution in [0.1, 0.15) is 28.9 Å². The molecule has 0 saturated carbocycles. The van der Waals surface area contributed by atoms with Gasteiger partial charge in [-0.3, -0.25) is 9.69 Å². The summed E-state index contributed by atoms with van der Waals surface area (Å²) in [6, 6.07) is 20.0. The Bertz CT molecular complexity index is 965. The molecule has 1 aromatic heterocycles. The molecule has 5 nitrogen and oxygen atoms in total. The normalized spacial score (nSPS) is 15.2. The van der Waals surface area contributed by atoms with Gasteiger partial charge in [-0.05, 0) is 49.7 Å². The first kappa shape index (κ1) is 20.7. The van der Waals surface area contributed by atoms with E-state index in [1.165, 1.54) is 10.5 Å². The number of hydrogen-bond acceptors (Lipinski definition) is 5. The van der Waals surface area contributed by atoms with Crippen LogP contribution in [0.4, 0.5) is 0 Å². The van der Waals surface area contributed by atoms with Crippen molar-refractivity contribution in [2.45, 2.75) is 24.3 Å². The molecule has 0 spiro atoms. The van der Waals surface area contributed by atoms with Crippen molar-refractivity contribution < 1.29 is 9.32 Å². The van der Waals surface area contributed by atoms with Crippen LogP contribution < -0.4 is 5.32 Å². The molecule has 2 heterocycles. The molecule has 0 radical (unpaired) electrons. The third-order valence-corrected chi connectivity index (χ3v) is 6.48. The number of benzene rings is 2. The van der Waals surface area contributed by atoms with Crippen molar-refractivity contribution in [2.75, 3.05) is 25.9 Å². The highest BCUT2D eigenvalue weighted by Crippen LogP contribution is 2.24. The van der Waals surface area contributed by atoms with Gasteiger partial charge in [0.05, 0.1) is 0 Å². The zero-order valence-corrected chi connectivity index (χ0v) is 18.0. The highest BCUT2D eigenvalue weighted by molar-refractivity contribution is 7.98. The zero-order valence-electron chi connectivity index (χ0n) is 17.2. The molecule has 0 bridgehead atoms. The van der Waals surface area contributed by atoms with Crippen LogP contribution in [0.5, 0.6) is 0 Å². The summed E-state index contributed by atoms with van der Waals surface area (Å²) in [5, 5.41) is 6.97. The molecule has 0 atom stereocenters. The minimum absolute atomic E-state index is 0.169. The molecule has 1 aliphatic heterocycles. The first-order valence-corrected chi connectivity index (χ1v) is 11.6. The number of piperidine rings is 1. The molecule has 4 rings (SSSR count). The second-order valence-electron chi connectivity index (χ2n) is 7.68. The van der Waals surface area contributed by atoms with E-state index in [2.05, 4.69) is 45.9 Å². The average Bonchev–Trinajstić information content (AvgIpc) is 3.30. The number of likely N-dealkylation sites (tertiary alicyclic amines) is 1. The standard InChI is InChI=1S/C24H27N3O2S/c1-30-23-10-6-5-9-20(23)17-27-13-11-18(12-14-27)16-25-24(28)21-15-22(29-26-21)19-7-3-2-4-8-19/h2-10,15,18H,11-14,16-17H2,1H3,(H,25,28). The predicted molar refractivity (Wildman–Crippen MR) is 120 cm³/mol. The SMILES string of the molecule is CSc1ccccc1CN1CCC(CNC(=O)c2cc(-c3ccccc3)on2)CC1. The molecule has 0 unspecified atom stereocenters. The second kappa shape index (κ2) is 9.96. The number of thioether (sulfide) groups is 1. The molecule has 156 valence electrons. The molecule has 6 heteroatoms. The third kappa shape index (κ3) is 5.12. The number of nitrogens with one attached hydrogen (secondary N) is 1. The maximum atomic E-state index is 12.5. The van der Waals surface area contributed by atoms with Gasteiger partial charge < -0.3 is 9.84 Å². The fraction of sp³-hybridized carbons (Fsp3) is 0.333. The first-order valence-electron chi connectivity index (χ1n) is 10.4. The largest absolute Gasteiger partial charge is 0.355 e. The summed E-state index contributed by atoms with van der Waals surface area (Å²) in [6.07, 6.45) is 4.32. The van der Waals surface area contributed by atoms with Gasteiger partial charge in [0.25, 0.3) is 5.91 Å². The zero-order chi connectivity index (χ0) is 20.8. The number of carbonyl (C=O) groups is 1. The summed E-state index contributed by atoms with van der Waals surface area (Å²) in [7, 11) is 0. The lowest BCUT2D eigenvalue weighted by molar-refractivity contribution is 0.0926. The summed E-state index contributed by atoms with van der Waals surface area (Å²) in [6.45, 7) is 3.80. The van der Waals surface area contributed by atoms with Crippen molar-refractivity contribution in [3.8, 4) is 11.3 Å². The highest BCUT2D eigenvalue weighted by Gasteiger charge is 2.21. The number of rotatable bonds is 7.